The zero-order valence-corrected chi connectivity index (χ0v) is 9.70. The Morgan fingerprint density at radius 3 is 2.67 bits per heavy atom. The zero-order chi connectivity index (χ0) is 11.5. The van der Waals surface area contributed by atoms with Gasteiger partial charge in [0.1, 0.15) is 5.60 Å². The van der Waals surface area contributed by atoms with Crippen molar-refractivity contribution in [2.75, 3.05) is 7.05 Å². The predicted molar refractivity (Wildman–Crippen MR) is 58.5 cm³/mol. The van der Waals surface area contributed by atoms with E-state index in [1.807, 2.05) is 39.1 Å². The largest absolute Gasteiger partial charge is 0.444 e. The summed E-state index contributed by atoms with van der Waals surface area (Å²) in [5.74, 6) is 0. The summed E-state index contributed by atoms with van der Waals surface area (Å²) in [6, 6.07) is 3.83. The smallest absolute Gasteiger partial charge is 0.410 e. The van der Waals surface area contributed by atoms with Gasteiger partial charge in [0.15, 0.2) is 0 Å². The lowest BCUT2D eigenvalue weighted by atomic mass is 10.2. The molecular weight excluding hydrogens is 192 g/mol. The average Bonchev–Trinajstić information content (AvgIpc) is 2.53. The van der Waals surface area contributed by atoms with E-state index < -0.39 is 5.60 Å². The van der Waals surface area contributed by atoms with Crippen LogP contribution in [0.25, 0.3) is 0 Å². The monoisotopic (exact) mass is 210 g/mol. The molecule has 1 heterocycles. The average molecular weight is 210 g/mol. The number of carbonyl (C=O) groups excluding carboxylic acids is 1. The normalized spacial score (nSPS) is 11.2. The molecule has 0 fully saturated rings. The molecule has 4 heteroatoms. The molecule has 1 N–H and O–H groups in total. The minimum Gasteiger partial charge on any atom is -0.444 e. The fourth-order valence-electron chi connectivity index (χ4n) is 1.13. The van der Waals surface area contributed by atoms with Gasteiger partial charge < -0.3 is 14.6 Å². The maximum atomic E-state index is 11.6. The third kappa shape index (κ3) is 4.06. The molecule has 0 unspecified atom stereocenters. The van der Waals surface area contributed by atoms with Crippen molar-refractivity contribution in [1.29, 1.82) is 0 Å². The van der Waals surface area contributed by atoms with Gasteiger partial charge in [0.25, 0.3) is 0 Å². The van der Waals surface area contributed by atoms with Gasteiger partial charge in [-0.25, -0.2) is 4.79 Å². The number of H-pyrrole nitrogens is 1. The molecular formula is C11H18N2O2. The van der Waals surface area contributed by atoms with Gasteiger partial charge in [-0.2, -0.15) is 0 Å². The molecule has 1 amide bonds. The Morgan fingerprint density at radius 1 is 1.53 bits per heavy atom. The SMILES string of the molecule is CN(Cc1ccc[nH]1)C(=O)OC(C)(C)C. The molecule has 0 aliphatic carbocycles. The van der Waals surface area contributed by atoms with Crippen molar-refractivity contribution in [2.24, 2.45) is 0 Å². The fourth-order valence-corrected chi connectivity index (χ4v) is 1.13. The van der Waals surface area contributed by atoms with Gasteiger partial charge in [-0.1, -0.05) is 0 Å². The van der Waals surface area contributed by atoms with Crippen molar-refractivity contribution in [3.63, 3.8) is 0 Å². The highest BCUT2D eigenvalue weighted by Gasteiger charge is 2.19. The lowest BCUT2D eigenvalue weighted by Crippen LogP contribution is -2.33. The van der Waals surface area contributed by atoms with Crippen molar-refractivity contribution >= 4 is 6.09 Å². The van der Waals surface area contributed by atoms with E-state index in [2.05, 4.69) is 4.98 Å². The third-order valence-corrected chi connectivity index (χ3v) is 1.78. The number of aromatic nitrogens is 1. The Hall–Kier alpha value is -1.45. The molecule has 1 rings (SSSR count). The van der Waals surface area contributed by atoms with Crippen molar-refractivity contribution in [1.82, 2.24) is 9.88 Å². The molecule has 0 aliphatic rings. The Kier molecular flexibility index (Phi) is 3.39. The zero-order valence-electron chi connectivity index (χ0n) is 9.70. The standard InChI is InChI=1S/C11H18N2O2/c1-11(2,3)15-10(14)13(4)8-9-6-5-7-12-9/h5-7,12H,8H2,1-4H3. The van der Waals surface area contributed by atoms with Crippen LogP contribution in [-0.4, -0.2) is 28.6 Å². The maximum Gasteiger partial charge on any atom is 0.410 e. The van der Waals surface area contributed by atoms with Gasteiger partial charge in [0, 0.05) is 18.9 Å². The molecule has 0 spiro atoms. The lowest BCUT2D eigenvalue weighted by molar-refractivity contribution is 0.0283. The van der Waals surface area contributed by atoms with Crippen LogP contribution in [0.15, 0.2) is 18.3 Å². The minimum absolute atomic E-state index is 0.308. The van der Waals surface area contributed by atoms with Gasteiger partial charge in [0.2, 0.25) is 0 Å². The summed E-state index contributed by atoms with van der Waals surface area (Å²) in [5, 5.41) is 0. The summed E-state index contributed by atoms with van der Waals surface area (Å²) < 4.78 is 5.22. The molecule has 0 radical (unpaired) electrons. The molecule has 0 atom stereocenters. The Morgan fingerprint density at radius 2 is 2.20 bits per heavy atom. The number of amides is 1. The van der Waals surface area contributed by atoms with E-state index in [0.717, 1.165) is 5.69 Å². The van der Waals surface area contributed by atoms with Gasteiger partial charge >= 0.3 is 6.09 Å². The predicted octanol–water partition coefficient (Wildman–Crippen LogP) is 2.38. The highest BCUT2D eigenvalue weighted by molar-refractivity contribution is 5.67. The van der Waals surface area contributed by atoms with Gasteiger partial charge in [-0.15, -0.1) is 0 Å². The molecule has 0 aromatic carbocycles. The number of rotatable bonds is 2. The fraction of sp³-hybridized carbons (Fsp3) is 0.545. The van der Waals surface area contributed by atoms with E-state index in [9.17, 15) is 4.79 Å². The minimum atomic E-state index is -0.443. The summed E-state index contributed by atoms with van der Waals surface area (Å²) in [4.78, 5) is 16.1. The lowest BCUT2D eigenvalue weighted by Gasteiger charge is -2.24. The second-order valence-electron chi connectivity index (χ2n) is 4.53. The first-order valence-electron chi connectivity index (χ1n) is 4.95. The first kappa shape index (κ1) is 11.6. The molecule has 15 heavy (non-hydrogen) atoms. The second-order valence-corrected chi connectivity index (χ2v) is 4.53. The molecule has 84 valence electrons. The van der Waals surface area contributed by atoms with E-state index in [-0.39, 0.29) is 6.09 Å². The molecule has 4 nitrogen and oxygen atoms in total. The quantitative estimate of drug-likeness (QED) is 0.814. The molecule has 1 aromatic heterocycles. The Balaban J connectivity index is 2.47. The number of hydrogen-bond donors (Lipinski definition) is 1. The van der Waals surface area contributed by atoms with E-state index in [1.54, 1.807) is 7.05 Å². The number of hydrogen-bond acceptors (Lipinski definition) is 2. The molecule has 0 bridgehead atoms. The first-order valence-corrected chi connectivity index (χ1v) is 4.95. The van der Waals surface area contributed by atoms with E-state index in [4.69, 9.17) is 4.74 Å². The topological polar surface area (TPSA) is 45.3 Å². The van der Waals surface area contributed by atoms with Crippen molar-refractivity contribution in [2.45, 2.75) is 32.9 Å². The summed E-state index contributed by atoms with van der Waals surface area (Å²) in [6.45, 7) is 6.09. The van der Waals surface area contributed by atoms with Crippen molar-refractivity contribution < 1.29 is 9.53 Å². The number of carbonyl (C=O) groups is 1. The van der Waals surface area contributed by atoms with Crippen molar-refractivity contribution in [3.05, 3.63) is 24.0 Å². The molecule has 0 saturated heterocycles. The Bertz CT molecular complexity index is 312. The van der Waals surface area contributed by atoms with Crippen LogP contribution in [0.4, 0.5) is 4.79 Å². The Labute approximate surface area is 90.2 Å². The van der Waals surface area contributed by atoms with Crippen LogP contribution in [0.3, 0.4) is 0 Å². The van der Waals surface area contributed by atoms with Crippen LogP contribution in [0.1, 0.15) is 26.5 Å². The summed E-state index contributed by atoms with van der Waals surface area (Å²) >= 11 is 0. The number of nitrogens with one attached hydrogen (secondary N) is 1. The number of nitrogens with zero attached hydrogens (tertiary/aromatic N) is 1. The highest BCUT2D eigenvalue weighted by atomic mass is 16.6. The summed E-state index contributed by atoms with van der Waals surface area (Å²) in [5.41, 5.74) is 0.546. The van der Waals surface area contributed by atoms with Crippen LogP contribution in [0, 0.1) is 0 Å². The second kappa shape index (κ2) is 4.38. The van der Waals surface area contributed by atoms with Crippen LogP contribution in [-0.2, 0) is 11.3 Å². The first-order chi connectivity index (χ1) is 6.88. The van der Waals surface area contributed by atoms with Gasteiger partial charge in [-0.3, -0.25) is 0 Å². The summed E-state index contributed by atoms with van der Waals surface area (Å²) in [6.07, 6.45) is 1.52. The molecule has 0 saturated carbocycles. The van der Waals surface area contributed by atoms with E-state index in [0.29, 0.717) is 6.54 Å². The number of ether oxygens (including phenoxy) is 1. The third-order valence-electron chi connectivity index (χ3n) is 1.78. The van der Waals surface area contributed by atoms with Crippen molar-refractivity contribution in [3.8, 4) is 0 Å². The van der Waals surface area contributed by atoms with Crippen LogP contribution in [0.5, 0.6) is 0 Å². The van der Waals surface area contributed by atoms with Crippen LogP contribution < -0.4 is 0 Å². The van der Waals surface area contributed by atoms with Crippen LogP contribution >= 0.6 is 0 Å². The van der Waals surface area contributed by atoms with E-state index in [1.165, 1.54) is 4.90 Å². The van der Waals surface area contributed by atoms with E-state index >= 15 is 0 Å². The van der Waals surface area contributed by atoms with Crippen LogP contribution in [0.2, 0.25) is 0 Å². The molecule has 0 aliphatic heterocycles. The summed E-state index contributed by atoms with van der Waals surface area (Å²) in [7, 11) is 1.72. The number of aromatic amines is 1. The van der Waals surface area contributed by atoms with Gasteiger partial charge in [-0.05, 0) is 32.9 Å². The highest BCUT2D eigenvalue weighted by Crippen LogP contribution is 2.10. The van der Waals surface area contributed by atoms with Gasteiger partial charge in [0.05, 0.1) is 6.54 Å². The molecule has 1 aromatic rings. The maximum absolute atomic E-state index is 11.6.